The molecule has 0 saturated heterocycles. The first-order chi connectivity index (χ1) is 6.76. The number of methoxy groups -OCH3 is 1. The first-order valence-electron chi connectivity index (χ1n) is 4.80. The second-order valence-electron chi connectivity index (χ2n) is 3.23. The normalized spacial score (nSPS) is 13.1. The monoisotopic (exact) mass is 199 g/mol. The van der Waals surface area contributed by atoms with E-state index in [4.69, 9.17) is 9.26 Å². The topological polar surface area (TPSA) is 60.2 Å². The Morgan fingerprint density at radius 2 is 2.36 bits per heavy atom. The van der Waals surface area contributed by atoms with Crippen LogP contribution in [0.4, 0.5) is 0 Å². The number of nitrogens with zero attached hydrogens (tertiary/aromatic N) is 2. The van der Waals surface area contributed by atoms with E-state index in [0.29, 0.717) is 30.9 Å². The zero-order valence-electron chi connectivity index (χ0n) is 8.91. The van der Waals surface area contributed by atoms with Gasteiger partial charge in [-0.25, -0.2) is 0 Å². The van der Waals surface area contributed by atoms with Gasteiger partial charge < -0.3 is 14.6 Å². The summed E-state index contributed by atoms with van der Waals surface area (Å²) in [4.78, 5) is 4.14. The second kappa shape index (κ2) is 5.72. The van der Waals surface area contributed by atoms with Crippen molar-refractivity contribution in [2.75, 3.05) is 7.11 Å². The summed E-state index contributed by atoms with van der Waals surface area (Å²) in [6.45, 7) is 5.26. The predicted octanol–water partition coefficient (Wildman–Crippen LogP) is 1.10. The minimum atomic E-state index is 0.396. The van der Waals surface area contributed by atoms with Crippen LogP contribution < -0.4 is 5.32 Å². The maximum atomic E-state index is 5.01. The highest BCUT2D eigenvalue weighted by Gasteiger charge is 2.06. The smallest absolute Gasteiger partial charge is 0.240 e. The minimum Gasteiger partial charge on any atom is -0.377 e. The number of hydrogen-bond acceptors (Lipinski definition) is 5. The van der Waals surface area contributed by atoms with Gasteiger partial charge in [0, 0.05) is 13.2 Å². The molecule has 14 heavy (non-hydrogen) atoms. The Balaban J connectivity index is 2.35. The van der Waals surface area contributed by atoms with Crippen LogP contribution >= 0.6 is 0 Å². The third kappa shape index (κ3) is 3.43. The molecule has 0 bridgehead atoms. The zero-order valence-corrected chi connectivity index (χ0v) is 8.91. The fourth-order valence-electron chi connectivity index (χ4n) is 0.956. The van der Waals surface area contributed by atoms with Gasteiger partial charge in [-0.15, -0.1) is 0 Å². The molecule has 0 radical (unpaired) electrons. The standard InChI is InChI=1S/C9H17N3O2/c1-4-7(2)10-5-9-11-8(6-13-3)12-14-9/h7,10H,4-6H2,1-3H3. The van der Waals surface area contributed by atoms with Gasteiger partial charge in [0.1, 0.15) is 6.61 Å². The van der Waals surface area contributed by atoms with Crippen molar-refractivity contribution in [3.05, 3.63) is 11.7 Å². The van der Waals surface area contributed by atoms with Crippen LogP contribution in [0.5, 0.6) is 0 Å². The van der Waals surface area contributed by atoms with E-state index in [1.807, 2.05) is 0 Å². The molecule has 1 unspecified atom stereocenters. The maximum Gasteiger partial charge on any atom is 0.240 e. The molecule has 1 atom stereocenters. The average Bonchev–Trinajstić information content (AvgIpc) is 2.63. The van der Waals surface area contributed by atoms with Gasteiger partial charge in [0.15, 0.2) is 5.82 Å². The number of rotatable bonds is 6. The highest BCUT2D eigenvalue weighted by atomic mass is 16.5. The Hall–Kier alpha value is -0.940. The molecule has 0 aliphatic rings. The van der Waals surface area contributed by atoms with Crippen LogP contribution in [-0.4, -0.2) is 23.3 Å². The van der Waals surface area contributed by atoms with Crippen LogP contribution in [0.1, 0.15) is 32.0 Å². The van der Waals surface area contributed by atoms with Crippen molar-refractivity contribution in [2.24, 2.45) is 0 Å². The molecular weight excluding hydrogens is 182 g/mol. The van der Waals surface area contributed by atoms with Gasteiger partial charge >= 0.3 is 0 Å². The van der Waals surface area contributed by atoms with Gasteiger partial charge in [0.05, 0.1) is 6.54 Å². The average molecular weight is 199 g/mol. The van der Waals surface area contributed by atoms with E-state index >= 15 is 0 Å². The summed E-state index contributed by atoms with van der Waals surface area (Å²) >= 11 is 0. The molecule has 80 valence electrons. The quantitative estimate of drug-likeness (QED) is 0.743. The highest BCUT2D eigenvalue weighted by Crippen LogP contribution is 1.99. The first-order valence-corrected chi connectivity index (χ1v) is 4.80. The van der Waals surface area contributed by atoms with Crippen LogP contribution in [-0.2, 0) is 17.9 Å². The molecule has 1 heterocycles. The molecule has 1 N–H and O–H groups in total. The summed E-state index contributed by atoms with van der Waals surface area (Å²) in [6, 6.07) is 0.466. The first kappa shape index (κ1) is 11.1. The van der Waals surface area contributed by atoms with Gasteiger partial charge in [0.25, 0.3) is 0 Å². The summed E-state index contributed by atoms with van der Waals surface area (Å²) in [5.74, 6) is 1.20. The number of nitrogens with one attached hydrogen (secondary N) is 1. The van der Waals surface area contributed by atoms with Gasteiger partial charge in [0.2, 0.25) is 5.89 Å². The maximum absolute atomic E-state index is 5.01. The molecule has 5 nitrogen and oxygen atoms in total. The lowest BCUT2D eigenvalue weighted by Crippen LogP contribution is -2.24. The van der Waals surface area contributed by atoms with Crippen molar-refractivity contribution in [3.63, 3.8) is 0 Å². The van der Waals surface area contributed by atoms with Crippen LogP contribution in [0.2, 0.25) is 0 Å². The summed E-state index contributed by atoms with van der Waals surface area (Å²) in [7, 11) is 1.60. The van der Waals surface area contributed by atoms with Crippen LogP contribution in [0, 0.1) is 0 Å². The third-order valence-corrected chi connectivity index (χ3v) is 2.00. The van der Waals surface area contributed by atoms with E-state index in [1.165, 1.54) is 0 Å². The van der Waals surface area contributed by atoms with E-state index in [2.05, 4.69) is 29.3 Å². The second-order valence-corrected chi connectivity index (χ2v) is 3.23. The molecule has 0 fully saturated rings. The Morgan fingerprint density at radius 3 is 3.00 bits per heavy atom. The van der Waals surface area contributed by atoms with Gasteiger partial charge in [-0.3, -0.25) is 0 Å². The van der Waals surface area contributed by atoms with Crippen molar-refractivity contribution in [1.29, 1.82) is 0 Å². The van der Waals surface area contributed by atoms with Crippen molar-refractivity contribution in [3.8, 4) is 0 Å². The number of hydrogen-bond donors (Lipinski definition) is 1. The van der Waals surface area contributed by atoms with E-state index < -0.39 is 0 Å². The SMILES string of the molecule is CCC(C)NCc1nc(COC)no1. The van der Waals surface area contributed by atoms with Gasteiger partial charge in [-0.05, 0) is 13.3 Å². The third-order valence-electron chi connectivity index (χ3n) is 2.00. The van der Waals surface area contributed by atoms with Crippen LogP contribution in [0.15, 0.2) is 4.52 Å². The van der Waals surface area contributed by atoms with Crippen molar-refractivity contribution in [2.45, 2.75) is 39.5 Å². The van der Waals surface area contributed by atoms with Crippen molar-refractivity contribution < 1.29 is 9.26 Å². The molecular formula is C9H17N3O2. The Kier molecular flexibility index (Phi) is 4.55. The zero-order chi connectivity index (χ0) is 10.4. The summed E-state index contributed by atoms with van der Waals surface area (Å²) in [5.41, 5.74) is 0. The molecule has 1 rings (SSSR count). The minimum absolute atomic E-state index is 0.396. The molecule has 0 spiro atoms. The molecule has 0 aliphatic heterocycles. The lowest BCUT2D eigenvalue weighted by Gasteiger charge is -2.07. The predicted molar refractivity (Wildman–Crippen MR) is 51.6 cm³/mol. The largest absolute Gasteiger partial charge is 0.377 e. The summed E-state index contributed by atoms with van der Waals surface area (Å²) < 4.78 is 9.89. The fraction of sp³-hybridized carbons (Fsp3) is 0.778. The lowest BCUT2D eigenvalue weighted by molar-refractivity contribution is 0.174. The molecule has 1 aromatic rings. The van der Waals surface area contributed by atoms with E-state index in [9.17, 15) is 0 Å². The summed E-state index contributed by atoms with van der Waals surface area (Å²) in [6.07, 6.45) is 1.08. The van der Waals surface area contributed by atoms with Gasteiger partial charge in [-0.2, -0.15) is 4.98 Å². The van der Waals surface area contributed by atoms with E-state index in [-0.39, 0.29) is 0 Å². The summed E-state index contributed by atoms with van der Waals surface area (Å²) in [5, 5.41) is 7.03. The Labute approximate surface area is 83.8 Å². The molecule has 5 heteroatoms. The Bertz CT molecular complexity index is 262. The lowest BCUT2D eigenvalue weighted by atomic mass is 10.3. The molecule has 0 saturated carbocycles. The van der Waals surface area contributed by atoms with Crippen LogP contribution in [0.3, 0.4) is 0 Å². The van der Waals surface area contributed by atoms with Gasteiger partial charge in [-0.1, -0.05) is 12.1 Å². The Morgan fingerprint density at radius 1 is 1.57 bits per heavy atom. The number of aromatic nitrogens is 2. The van der Waals surface area contributed by atoms with Crippen molar-refractivity contribution in [1.82, 2.24) is 15.5 Å². The highest BCUT2D eigenvalue weighted by molar-refractivity contribution is 4.84. The van der Waals surface area contributed by atoms with Crippen molar-refractivity contribution >= 4 is 0 Å². The fourth-order valence-corrected chi connectivity index (χ4v) is 0.956. The molecule has 1 aromatic heterocycles. The van der Waals surface area contributed by atoms with E-state index in [0.717, 1.165) is 6.42 Å². The van der Waals surface area contributed by atoms with Crippen LogP contribution in [0.25, 0.3) is 0 Å². The number of ether oxygens (including phenoxy) is 1. The molecule has 0 aromatic carbocycles. The van der Waals surface area contributed by atoms with E-state index in [1.54, 1.807) is 7.11 Å². The molecule has 0 amide bonds. The molecule has 0 aliphatic carbocycles.